The Morgan fingerprint density at radius 1 is 1.16 bits per heavy atom. The number of fused-ring (bicyclic) bond motifs is 1. The Morgan fingerprint density at radius 3 is 2.68 bits per heavy atom. The first-order valence-corrected chi connectivity index (χ1v) is 9.13. The quantitative estimate of drug-likeness (QED) is 0.753. The van der Waals surface area contributed by atoms with Gasteiger partial charge in [0.25, 0.3) is 5.91 Å². The van der Waals surface area contributed by atoms with E-state index in [2.05, 4.69) is 48.4 Å². The molecule has 1 atom stereocenters. The normalized spacial score (nSPS) is 16.2. The largest absolute Gasteiger partial charge is 0.360 e. The first-order chi connectivity index (χ1) is 12.1. The molecule has 5 heteroatoms. The Bertz CT molecular complexity index is 900. The monoisotopic (exact) mass is 349 g/mol. The van der Waals surface area contributed by atoms with Crippen molar-refractivity contribution in [3.05, 3.63) is 81.3 Å². The predicted molar refractivity (Wildman–Crippen MR) is 101 cm³/mol. The Morgan fingerprint density at radius 2 is 1.96 bits per heavy atom. The Hall–Kier alpha value is -2.66. The van der Waals surface area contributed by atoms with Gasteiger partial charge in [-0.05, 0) is 60.7 Å². The average Bonchev–Trinajstić information content (AvgIpc) is 3.17. The van der Waals surface area contributed by atoms with Gasteiger partial charge in [0.05, 0.1) is 17.8 Å². The molecule has 0 saturated carbocycles. The van der Waals surface area contributed by atoms with Crippen molar-refractivity contribution in [3.8, 4) is 0 Å². The smallest absolute Gasteiger partial charge is 0.258 e. The van der Waals surface area contributed by atoms with E-state index in [1.807, 2.05) is 28.5 Å². The van der Waals surface area contributed by atoms with Gasteiger partial charge in [0.1, 0.15) is 6.17 Å². The summed E-state index contributed by atoms with van der Waals surface area (Å²) in [6, 6.07) is 14.1. The number of amides is 1. The highest BCUT2D eigenvalue weighted by atomic mass is 32.1. The van der Waals surface area contributed by atoms with Gasteiger partial charge in [-0.2, -0.15) is 0 Å². The van der Waals surface area contributed by atoms with Crippen LogP contribution in [0.5, 0.6) is 0 Å². The molecule has 2 aromatic heterocycles. The topological polar surface area (TPSA) is 45.2 Å². The van der Waals surface area contributed by atoms with Gasteiger partial charge in [-0.15, -0.1) is 11.3 Å². The number of benzene rings is 1. The number of carbonyl (C=O) groups excluding carboxylic acids is 1. The summed E-state index contributed by atoms with van der Waals surface area (Å²) < 4.78 is 0. The summed E-state index contributed by atoms with van der Waals surface area (Å²) >= 11 is 1.66. The van der Waals surface area contributed by atoms with Crippen LogP contribution in [0.15, 0.2) is 54.0 Å². The van der Waals surface area contributed by atoms with Crippen molar-refractivity contribution in [1.82, 2.24) is 9.88 Å². The van der Waals surface area contributed by atoms with Crippen molar-refractivity contribution in [3.63, 3.8) is 0 Å². The zero-order valence-corrected chi connectivity index (χ0v) is 15.0. The molecule has 4 rings (SSSR count). The summed E-state index contributed by atoms with van der Waals surface area (Å²) in [6.07, 6.45) is 1.49. The number of nitrogens with zero attached hydrogens (tertiary/aromatic N) is 2. The maximum Gasteiger partial charge on any atom is 0.258 e. The third-order valence-electron chi connectivity index (χ3n) is 4.33. The second kappa shape index (κ2) is 6.33. The number of nitrogens with one attached hydrogen (secondary N) is 1. The molecule has 0 radical (unpaired) electrons. The van der Waals surface area contributed by atoms with Crippen LogP contribution in [-0.4, -0.2) is 15.8 Å². The van der Waals surface area contributed by atoms with Gasteiger partial charge in [-0.3, -0.25) is 9.78 Å². The van der Waals surface area contributed by atoms with E-state index < -0.39 is 0 Å². The van der Waals surface area contributed by atoms with E-state index in [1.54, 1.807) is 17.5 Å². The molecule has 0 spiro atoms. The standard InChI is InChI=1S/C20H19N3OS/c1-13-9-14(2)11-15(10-13)22-19-18-17(6-3-7-21-18)20(24)23(19)12-16-5-4-8-25-16/h3-11,19,22H,12H2,1-2H3/t19-/m0/s1. The van der Waals surface area contributed by atoms with Crippen LogP contribution < -0.4 is 5.32 Å². The van der Waals surface area contributed by atoms with Gasteiger partial charge in [0.15, 0.2) is 0 Å². The Kier molecular flexibility index (Phi) is 4.01. The molecule has 0 unspecified atom stereocenters. The van der Waals surface area contributed by atoms with Crippen molar-refractivity contribution in [2.24, 2.45) is 0 Å². The lowest BCUT2D eigenvalue weighted by atomic mass is 10.1. The fourth-order valence-electron chi connectivity index (χ4n) is 3.33. The third-order valence-corrected chi connectivity index (χ3v) is 5.19. The highest BCUT2D eigenvalue weighted by molar-refractivity contribution is 7.09. The lowest BCUT2D eigenvalue weighted by Gasteiger charge is -2.26. The molecule has 1 N–H and O–H groups in total. The highest BCUT2D eigenvalue weighted by Crippen LogP contribution is 2.35. The Balaban J connectivity index is 1.71. The van der Waals surface area contributed by atoms with Crippen LogP contribution in [0.25, 0.3) is 0 Å². The fourth-order valence-corrected chi connectivity index (χ4v) is 4.03. The third kappa shape index (κ3) is 3.03. The van der Waals surface area contributed by atoms with E-state index >= 15 is 0 Å². The van der Waals surface area contributed by atoms with Gasteiger partial charge in [-0.25, -0.2) is 0 Å². The molecular formula is C20H19N3OS. The lowest BCUT2D eigenvalue weighted by molar-refractivity contribution is 0.0729. The number of aromatic nitrogens is 1. The van der Waals surface area contributed by atoms with Crippen LogP contribution in [0.4, 0.5) is 5.69 Å². The van der Waals surface area contributed by atoms with Crippen LogP contribution in [0.1, 0.15) is 38.2 Å². The second-order valence-electron chi connectivity index (χ2n) is 6.37. The molecular weight excluding hydrogens is 330 g/mol. The summed E-state index contributed by atoms with van der Waals surface area (Å²) in [4.78, 5) is 20.4. The maximum atomic E-state index is 12.9. The number of pyridine rings is 1. The van der Waals surface area contributed by atoms with Crippen LogP contribution >= 0.6 is 11.3 Å². The molecule has 25 heavy (non-hydrogen) atoms. The minimum absolute atomic E-state index is 0.0263. The molecule has 0 fully saturated rings. The van der Waals surface area contributed by atoms with Crippen molar-refractivity contribution in [2.45, 2.75) is 26.6 Å². The first kappa shape index (κ1) is 15.8. The molecule has 1 aliphatic heterocycles. The van der Waals surface area contributed by atoms with Crippen LogP contribution in [-0.2, 0) is 6.54 Å². The van der Waals surface area contributed by atoms with E-state index in [0.717, 1.165) is 16.3 Å². The number of hydrogen-bond acceptors (Lipinski definition) is 4. The van der Waals surface area contributed by atoms with Gasteiger partial charge in [0.2, 0.25) is 0 Å². The average molecular weight is 349 g/mol. The van der Waals surface area contributed by atoms with Crippen molar-refractivity contribution in [1.29, 1.82) is 0 Å². The molecule has 0 saturated heterocycles. The summed E-state index contributed by atoms with van der Waals surface area (Å²) in [5.41, 5.74) is 4.87. The van der Waals surface area contributed by atoms with E-state index in [9.17, 15) is 4.79 Å². The fraction of sp³-hybridized carbons (Fsp3) is 0.200. The van der Waals surface area contributed by atoms with Crippen LogP contribution in [0.2, 0.25) is 0 Å². The van der Waals surface area contributed by atoms with E-state index in [-0.39, 0.29) is 12.1 Å². The van der Waals surface area contributed by atoms with Crippen LogP contribution in [0.3, 0.4) is 0 Å². The minimum Gasteiger partial charge on any atom is -0.360 e. The summed E-state index contributed by atoms with van der Waals surface area (Å²) in [7, 11) is 0. The van der Waals surface area contributed by atoms with Crippen molar-refractivity contribution >= 4 is 22.9 Å². The summed E-state index contributed by atoms with van der Waals surface area (Å²) in [5, 5.41) is 5.55. The van der Waals surface area contributed by atoms with Crippen molar-refractivity contribution < 1.29 is 4.79 Å². The zero-order valence-electron chi connectivity index (χ0n) is 14.2. The zero-order chi connectivity index (χ0) is 17.4. The highest BCUT2D eigenvalue weighted by Gasteiger charge is 2.38. The molecule has 1 aliphatic rings. The summed E-state index contributed by atoms with van der Waals surface area (Å²) in [6.45, 7) is 4.73. The molecule has 126 valence electrons. The lowest BCUT2D eigenvalue weighted by Crippen LogP contribution is -2.31. The van der Waals surface area contributed by atoms with Crippen molar-refractivity contribution in [2.75, 3.05) is 5.32 Å². The van der Waals surface area contributed by atoms with Gasteiger partial charge >= 0.3 is 0 Å². The number of carbonyl (C=O) groups is 1. The van der Waals surface area contributed by atoms with E-state index in [0.29, 0.717) is 12.1 Å². The molecule has 0 bridgehead atoms. The predicted octanol–water partition coefficient (Wildman–Crippen LogP) is 4.53. The molecule has 3 aromatic rings. The van der Waals surface area contributed by atoms with E-state index in [4.69, 9.17) is 0 Å². The van der Waals surface area contributed by atoms with Gasteiger partial charge < -0.3 is 10.2 Å². The number of hydrogen-bond donors (Lipinski definition) is 1. The number of rotatable bonds is 4. The number of anilines is 1. The van der Waals surface area contributed by atoms with Gasteiger partial charge in [-0.1, -0.05) is 12.1 Å². The number of thiophene rings is 1. The van der Waals surface area contributed by atoms with Gasteiger partial charge in [0, 0.05) is 16.8 Å². The molecule has 1 amide bonds. The number of aryl methyl sites for hydroxylation is 2. The maximum absolute atomic E-state index is 12.9. The Labute approximate surface area is 151 Å². The molecule has 4 nitrogen and oxygen atoms in total. The second-order valence-corrected chi connectivity index (χ2v) is 7.40. The molecule has 3 heterocycles. The minimum atomic E-state index is -0.257. The van der Waals surface area contributed by atoms with Crippen LogP contribution in [0, 0.1) is 13.8 Å². The van der Waals surface area contributed by atoms with E-state index in [1.165, 1.54) is 11.1 Å². The summed E-state index contributed by atoms with van der Waals surface area (Å²) in [5.74, 6) is 0.0263. The first-order valence-electron chi connectivity index (χ1n) is 8.25. The molecule has 0 aliphatic carbocycles. The SMILES string of the molecule is Cc1cc(C)cc(N[C@@H]2c3ncccc3C(=O)N2Cc2cccs2)c1. The molecule has 1 aromatic carbocycles.